The molecule has 0 heterocycles. The molecule has 1 atom stereocenters. The van der Waals surface area contributed by atoms with Gasteiger partial charge in [-0.3, -0.25) is 4.79 Å². The molecule has 7 heteroatoms. The third kappa shape index (κ3) is 4.07. The first-order valence-corrected chi connectivity index (χ1v) is 6.53. The summed E-state index contributed by atoms with van der Waals surface area (Å²) < 4.78 is 0. The van der Waals surface area contributed by atoms with Gasteiger partial charge in [-0.15, -0.1) is 0 Å². The Morgan fingerprint density at radius 3 is 2.50 bits per heavy atom. The number of rotatable bonds is 8. The van der Waals surface area contributed by atoms with Gasteiger partial charge in [-0.05, 0) is 32.0 Å². The van der Waals surface area contributed by atoms with Crippen LogP contribution in [0.4, 0.5) is 0 Å². The van der Waals surface area contributed by atoms with E-state index in [1.807, 2.05) is 0 Å². The zero-order chi connectivity index (χ0) is 15.1. The normalized spacial score (nSPS) is 19.1. The Balaban J connectivity index is 2.57. The molecule has 0 spiro atoms. The van der Waals surface area contributed by atoms with E-state index in [4.69, 9.17) is 10.8 Å². The Bertz CT molecular complexity index is 442. The highest BCUT2D eigenvalue weighted by atomic mass is 16.4. The van der Waals surface area contributed by atoms with Crippen LogP contribution in [0.3, 0.4) is 0 Å². The molecule has 0 aromatic rings. The third-order valence-electron chi connectivity index (χ3n) is 3.07. The molecular formula is C13H20N2O5. The van der Waals surface area contributed by atoms with Crippen molar-refractivity contribution in [2.24, 2.45) is 5.73 Å². The number of hydrogen-bond acceptors (Lipinski definition) is 6. The molecule has 0 fully saturated rings. The van der Waals surface area contributed by atoms with Crippen LogP contribution in [0.2, 0.25) is 0 Å². The summed E-state index contributed by atoms with van der Waals surface area (Å²) in [7, 11) is 0. The number of ketones is 1. The summed E-state index contributed by atoms with van der Waals surface area (Å²) in [4.78, 5) is 22.8. The number of aliphatic hydroxyl groups is 2. The van der Waals surface area contributed by atoms with Crippen LogP contribution in [0.5, 0.6) is 0 Å². The molecule has 0 amide bonds. The van der Waals surface area contributed by atoms with Crippen LogP contribution in [0, 0.1) is 0 Å². The number of carbonyl (C=O) groups excluding carboxylic acids is 1. The van der Waals surface area contributed by atoms with E-state index < -0.39 is 29.3 Å². The molecule has 0 saturated carbocycles. The first-order valence-electron chi connectivity index (χ1n) is 6.53. The van der Waals surface area contributed by atoms with E-state index >= 15 is 0 Å². The van der Waals surface area contributed by atoms with Crippen LogP contribution >= 0.6 is 0 Å². The Labute approximate surface area is 116 Å². The monoisotopic (exact) mass is 284 g/mol. The number of aliphatic hydroxyl groups excluding tert-OH is 2. The van der Waals surface area contributed by atoms with E-state index in [9.17, 15) is 19.8 Å². The maximum atomic E-state index is 11.8. The van der Waals surface area contributed by atoms with E-state index in [0.717, 1.165) is 31.8 Å². The molecule has 0 aromatic heterocycles. The summed E-state index contributed by atoms with van der Waals surface area (Å²) in [6.07, 6.45) is 4.49. The van der Waals surface area contributed by atoms with Gasteiger partial charge in [0.2, 0.25) is 11.5 Å². The van der Waals surface area contributed by atoms with Crippen molar-refractivity contribution in [1.29, 1.82) is 0 Å². The summed E-state index contributed by atoms with van der Waals surface area (Å²) in [5.41, 5.74) is 5.10. The highest BCUT2D eigenvalue weighted by Crippen LogP contribution is 2.19. The standard InChI is InChI=1S/C13H20N2O5/c14-5-3-1-2-4-6-15-10-8(13(19)20)7-9(16)11(17)12(10)18/h7,10,15-17H,1-6,14H2,(H,19,20). The minimum absolute atomic E-state index is 0.271. The van der Waals surface area contributed by atoms with E-state index in [-0.39, 0.29) is 5.57 Å². The van der Waals surface area contributed by atoms with Gasteiger partial charge in [-0.2, -0.15) is 0 Å². The molecule has 0 aliphatic heterocycles. The van der Waals surface area contributed by atoms with Crippen LogP contribution in [0.1, 0.15) is 25.7 Å². The minimum atomic E-state index is -1.31. The van der Waals surface area contributed by atoms with Gasteiger partial charge in [0.1, 0.15) is 6.04 Å². The number of nitrogens with two attached hydrogens (primary N) is 1. The van der Waals surface area contributed by atoms with Gasteiger partial charge in [0.05, 0.1) is 5.57 Å². The maximum Gasteiger partial charge on any atom is 0.333 e. The van der Waals surface area contributed by atoms with E-state index in [2.05, 4.69) is 5.32 Å². The van der Waals surface area contributed by atoms with E-state index in [1.54, 1.807) is 0 Å². The van der Waals surface area contributed by atoms with Gasteiger partial charge >= 0.3 is 5.97 Å². The number of nitrogens with one attached hydrogen (secondary N) is 1. The van der Waals surface area contributed by atoms with Gasteiger partial charge in [-0.25, -0.2) is 4.79 Å². The molecule has 1 aliphatic rings. The van der Waals surface area contributed by atoms with Crippen molar-refractivity contribution in [1.82, 2.24) is 5.32 Å². The van der Waals surface area contributed by atoms with E-state index in [1.165, 1.54) is 0 Å². The molecule has 0 bridgehead atoms. The minimum Gasteiger partial charge on any atom is -0.504 e. The molecule has 6 N–H and O–H groups in total. The van der Waals surface area contributed by atoms with Crippen molar-refractivity contribution in [2.75, 3.05) is 13.1 Å². The topological polar surface area (TPSA) is 133 Å². The van der Waals surface area contributed by atoms with Gasteiger partial charge in [0, 0.05) is 0 Å². The third-order valence-corrected chi connectivity index (χ3v) is 3.07. The second kappa shape index (κ2) is 7.66. The van der Waals surface area contributed by atoms with Crippen LogP contribution < -0.4 is 11.1 Å². The number of allylic oxidation sites excluding steroid dienone is 1. The van der Waals surface area contributed by atoms with Gasteiger partial charge in [-0.1, -0.05) is 12.8 Å². The van der Waals surface area contributed by atoms with Gasteiger partial charge in [0.25, 0.3) is 0 Å². The fourth-order valence-corrected chi connectivity index (χ4v) is 1.96. The SMILES string of the molecule is NCCCCCCNC1C(=O)C(O)=C(O)C=C1C(=O)O. The summed E-state index contributed by atoms with van der Waals surface area (Å²) >= 11 is 0. The van der Waals surface area contributed by atoms with E-state index in [0.29, 0.717) is 13.1 Å². The zero-order valence-electron chi connectivity index (χ0n) is 11.1. The lowest BCUT2D eigenvalue weighted by molar-refractivity contribution is -0.134. The van der Waals surface area contributed by atoms with Crippen LogP contribution in [0.15, 0.2) is 23.2 Å². The summed E-state index contributed by atoms with van der Waals surface area (Å²) in [5.74, 6) is -3.66. The van der Waals surface area contributed by atoms with Crippen LogP contribution in [-0.2, 0) is 9.59 Å². The number of aliphatic carboxylic acids is 1. The molecule has 7 nitrogen and oxygen atoms in total. The molecular weight excluding hydrogens is 264 g/mol. The van der Waals surface area contributed by atoms with Crippen molar-refractivity contribution in [3.8, 4) is 0 Å². The number of carboxylic acids is 1. The average molecular weight is 284 g/mol. The number of carboxylic acid groups (broad SMARTS) is 1. The Morgan fingerprint density at radius 2 is 1.90 bits per heavy atom. The molecule has 112 valence electrons. The molecule has 0 saturated heterocycles. The second-order valence-corrected chi connectivity index (χ2v) is 4.59. The fraction of sp³-hybridized carbons (Fsp3) is 0.538. The van der Waals surface area contributed by atoms with Gasteiger partial charge in [0.15, 0.2) is 5.76 Å². The Hall–Kier alpha value is -1.86. The number of hydrogen-bond donors (Lipinski definition) is 5. The number of Topliss-reactive ketones (excluding diaryl/α,β-unsaturated/α-hetero) is 1. The second-order valence-electron chi connectivity index (χ2n) is 4.59. The van der Waals surface area contributed by atoms with Crippen molar-refractivity contribution in [3.63, 3.8) is 0 Å². The van der Waals surface area contributed by atoms with Crippen LogP contribution in [0.25, 0.3) is 0 Å². The van der Waals surface area contributed by atoms with Crippen molar-refractivity contribution in [2.45, 2.75) is 31.7 Å². The fourth-order valence-electron chi connectivity index (χ4n) is 1.96. The Kier molecular flexibility index (Phi) is 6.20. The molecule has 1 rings (SSSR count). The highest BCUT2D eigenvalue weighted by molar-refractivity contribution is 6.08. The Morgan fingerprint density at radius 1 is 1.25 bits per heavy atom. The molecule has 20 heavy (non-hydrogen) atoms. The molecule has 0 aromatic carbocycles. The van der Waals surface area contributed by atoms with Crippen molar-refractivity contribution >= 4 is 11.8 Å². The number of carbonyl (C=O) groups is 2. The summed E-state index contributed by atoms with van der Waals surface area (Å²) in [5, 5.41) is 30.5. The van der Waals surface area contributed by atoms with Crippen LogP contribution in [-0.4, -0.2) is 46.2 Å². The predicted molar refractivity (Wildman–Crippen MR) is 72.3 cm³/mol. The van der Waals surface area contributed by atoms with Gasteiger partial charge < -0.3 is 26.4 Å². The zero-order valence-corrected chi connectivity index (χ0v) is 11.1. The summed E-state index contributed by atoms with van der Waals surface area (Å²) in [6, 6.07) is -1.13. The van der Waals surface area contributed by atoms with Crippen molar-refractivity contribution in [3.05, 3.63) is 23.2 Å². The number of unbranched alkanes of at least 4 members (excludes halogenated alkanes) is 3. The maximum absolute atomic E-state index is 11.8. The highest BCUT2D eigenvalue weighted by Gasteiger charge is 2.34. The first-order chi connectivity index (χ1) is 9.49. The average Bonchev–Trinajstić information content (AvgIpc) is 2.41. The molecule has 1 aliphatic carbocycles. The first kappa shape index (κ1) is 16.2. The lowest BCUT2D eigenvalue weighted by Crippen LogP contribution is -2.44. The lowest BCUT2D eigenvalue weighted by Gasteiger charge is -2.21. The predicted octanol–water partition coefficient (Wildman–Crippen LogP) is 0.385. The lowest BCUT2D eigenvalue weighted by atomic mass is 9.95. The molecule has 0 radical (unpaired) electrons. The largest absolute Gasteiger partial charge is 0.504 e. The molecule has 1 unspecified atom stereocenters. The smallest absolute Gasteiger partial charge is 0.333 e. The quantitative estimate of drug-likeness (QED) is 0.407. The van der Waals surface area contributed by atoms with Crippen molar-refractivity contribution < 1.29 is 24.9 Å². The summed E-state index contributed by atoms with van der Waals surface area (Å²) in [6.45, 7) is 1.08.